The molecule has 108 valence electrons. The van der Waals surface area contributed by atoms with Crippen LogP contribution in [0.15, 0.2) is 0 Å². The second-order valence-electron chi connectivity index (χ2n) is 7.48. The van der Waals surface area contributed by atoms with Crippen LogP contribution in [0.4, 0.5) is 5.82 Å². The number of nitrogens with two attached hydrogens (primary N) is 1. The molecule has 0 aliphatic heterocycles. The molecule has 1 fully saturated rings. The predicted molar refractivity (Wildman–Crippen MR) is 81.4 cm³/mol. The van der Waals surface area contributed by atoms with Crippen LogP contribution in [-0.2, 0) is 6.42 Å². The molecule has 0 unspecified atom stereocenters. The lowest BCUT2D eigenvalue weighted by Crippen LogP contribution is -2.13. The Balaban J connectivity index is 2.38. The van der Waals surface area contributed by atoms with Crippen molar-refractivity contribution < 1.29 is 0 Å². The Morgan fingerprint density at radius 1 is 1.26 bits per heavy atom. The summed E-state index contributed by atoms with van der Waals surface area (Å²) < 4.78 is 2.27. The van der Waals surface area contributed by atoms with Gasteiger partial charge in [0.15, 0.2) is 0 Å². The highest BCUT2D eigenvalue weighted by Gasteiger charge is 2.27. The zero-order chi connectivity index (χ0) is 14.2. The molecule has 1 saturated carbocycles. The molecular formula is C16H29N3. The molecule has 0 aromatic carbocycles. The van der Waals surface area contributed by atoms with Gasteiger partial charge in [-0.15, -0.1) is 0 Å². The van der Waals surface area contributed by atoms with Crippen LogP contribution in [0.2, 0.25) is 0 Å². The quantitative estimate of drug-likeness (QED) is 0.884. The number of anilines is 1. The third-order valence-electron chi connectivity index (χ3n) is 3.99. The van der Waals surface area contributed by atoms with Crippen molar-refractivity contribution in [3.05, 3.63) is 11.5 Å². The Hall–Kier alpha value is -0.990. The smallest absolute Gasteiger partial charge is 0.127 e. The first-order valence-corrected chi connectivity index (χ1v) is 7.66. The molecule has 3 heteroatoms. The van der Waals surface area contributed by atoms with E-state index in [-0.39, 0.29) is 5.41 Å². The van der Waals surface area contributed by atoms with Gasteiger partial charge < -0.3 is 10.3 Å². The first kappa shape index (κ1) is 14.4. The number of aromatic nitrogens is 2. The summed E-state index contributed by atoms with van der Waals surface area (Å²) in [4.78, 5) is 4.94. The summed E-state index contributed by atoms with van der Waals surface area (Å²) in [6, 6.07) is 0.400. The second-order valence-corrected chi connectivity index (χ2v) is 7.48. The van der Waals surface area contributed by atoms with Crippen molar-refractivity contribution in [1.82, 2.24) is 9.55 Å². The SMILES string of the molecule is CC(C)n1c(C2CCCC2)nc(CC(C)(C)C)c1N. The molecule has 0 spiro atoms. The van der Waals surface area contributed by atoms with Gasteiger partial charge in [0, 0.05) is 12.0 Å². The van der Waals surface area contributed by atoms with Gasteiger partial charge in [-0.25, -0.2) is 4.98 Å². The van der Waals surface area contributed by atoms with E-state index in [4.69, 9.17) is 10.7 Å². The maximum Gasteiger partial charge on any atom is 0.127 e. The minimum atomic E-state index is 0.233. The van der Waals surface area contributed by atoms with Crippen molar-refractivity contribution in [3.63, 3.8) is 0 Å². The van der Waals surface area contributed by atoms with Gasteiger partial charge >= 0.3 is 0 Å². The molecule has 1 aromatic rings. The summed E-state index contributed by atoms with van der Waals surface area (Å²) in [5, 5.41) is 0. The highest BCUT2D eigenvalue weighted by molar-refractivity contribution is 5.40. The topological polar surface area (TPSA) is 43.8 Å². The van der Waals surface area contributed by atoms with E-state index in [9.17, 15) is 0 Å². The molecule has 0 radical (unpaired) electrons. The zero-order valence-corrected chi connectivity index (χ0v) is 13.2. The number of nitrogen functional groups attached to an aromatic ring is 1. The third-order valence-corrected chi connectivity index (χ3v) is 3.99. The lowest BCUT2D eigenvalue weighted by molar-refractivity contribution is 0.407. The molecular weight excluding hydrogens is 234 g/mol. The van der Waals surface area contributed by atoms with Crippen LogP contribution >= 0.6 is 0 Å². The summed E-state index contributed by atoms with van der Waals surface area (Å²) in [6.45, 7) is 11.1. The molecule has 0 amide bonds. The van der Waals surface area contributed by atoms with Crippen molar-refractivity contribution in [1.29, 1.82) is 0 Å². The van der Waals surface area contributed by atoms with E-state index in [2.05, 4.69) is 39.2 Å². The van der Waals surface area contributed by atoms with E-state index in [1.807, 2.05) is 0 Å². The monoisotopic (exact) mass is 263 g/mol. The maximum atomic E-state index is 6.38. The summed E-state index contributed by atoms with van der Waals surface area (Å²) in [6.07, 6.45) is 6.18. The Bertz CT molecular complexity index is 432. The first-order valence-electron chi connectivity index (χ1n) is 7.66. The van der Waals surface area contributed by atoms with Crippen LogP contribution in [0.3, 0.4) is 0 Å². The van der Waals surface area contributed by atoms with E-state index in [1.165, 1.54) is 31.5 Å². The van der Waals surface area contributed by atoms with Crippen molar-refractivity contribution >= 4 is 5.82 Å². The Labute approximate surface area is 117 Å². The lowest BCUT2D eigenvalue weighted by Gasteiger charge is -2.18. The summed E-state index contributed by atoms with van der Waals surface area (Å²) in [5.74, 6) is 2.76. The van der Waals surface area contributed by atoms with E-state index in [0.717, 1.165) is 17.9 Å². The van der Waals surface area contributed by atoms with Crippen LogP contribution < -0.4 is 5.73 Å². The maximum absolute atomic E-state index is 6.38. The fraction of sp³-hybridized carbons (Fsp3) is 0.812. The van der Waals surface area contributed by atoms with Crippen molar-refractivity contribution in [3.8, 4) is 0 Å². The number of hydrogen-bond donors (Lipinski definition) is 1. The average molecular weight is 263 g/mol. The van der Waals surface area contributed by atoms with Gasteiger partial charge in [-0.05, 0) is 38.5 Å². The lowest BCUT2D eigenvalue weighted by atomic mass is 9.90. The minimum absolute atomic E-state index is 0.233. The standard InChI is InChI=1S/C16H29N3/c1-11(2)19-14(17)13(10-16(3,4)5)18-15(19)12-8-6-7-9-12/h11-12H,6-10,17H2,1-5H3. The molecule has 1 aliphatic carbocycles. The van der Waals surface area contributed by atoms with Crippen LogP contribution in [-0.4, -0.2) is 9.55 Å². The molecule has 1 aliphatic rings. The molecule has 0 atom stereocenters. The number of nitrogens with zero attached hydrogens (tertiary/aromatic N) is 2. The molecule has 0 saturated heterocycles. The molecule has 2 N–H and O–H groups in total. The Morgan fingerprint density at radius 2 is 1.84 bits per heavy atom. The largest absolute Gasteiger partial charge is 0.384 e. The molecule has 0 bridgehead atoms. The molecule has 1 heterocycles. The Kier molecular flexibility index (Phi) is 3.93. The third kappa shape index (κ3) is 3.13. The highest BCUT2D eigenvalue weighted by Crippen LogP contribution is 2.37. The fourth-order valence-electron chi connectivity index (χ4n) is 3.16. The van der Waals surface area contributed by atoms with Crippen LogP contribution in [0, 0.1) is 5.41 Å². The fourth-order valence-corrected chi connectivity index (χ4v) is 3.16. The predicted octanol–water partition coefficient (Wildman–Crippen LogP) is 4.29. The average Bonchev–Trinajstić information content (AvgIpc) is 2.85. The van der Waals surface area contributed by atoms with Gasteiger partial charge in [-0.2, -0.15) is 0 Å². The van der Waals surface area contributed by atoms with E-state index in [0.29, 0.717) is 12.0 Å². The van der Waals surface area contributed by atoms with Crippen molar-refractivity contribution in [2.75, 3.05) is 5.73 Å². The zero-order valence-electron chi connectivity index (χ0n) is 13.2. The van der Waals surface area contributed by atoms with Crippen molar-refractivity contribution in [2.24, 2.45) is 5.41 Å². The summed E-state index contributed by atoms with van der Waals surface area (Å²) in [5.41, 5.74) is 7.71. The molecule has 19 heavy (non-hydrogen) atoms. The number of rotatable bonds is 3. The number of hydrogen-bond acceptors (Lipinski definition) is 2. The van der Waals surface area contributed by atoms with Gasteiger partial charge in [-0.1, -0.05) is 33.6 Å². The van der Waals surface area contributed by atoms with Gasteiger partial charge in [0.2, 0.25) is 0 Å². The van der Waals surface area contributed by atoms with Gasteiger partial charge in [0.05, 0.1) is 5.69 Å². The van der Waals surface area contributed by atoms with Crippen LogP contribution in [0.1, 0.15) is 83.8 Å². The highest BCUT2D eigenvalue weighted by atomic mass is 15.2. The first-order chi connectivity index (χ1) is 8.79. The van der Waals surface area contributed by atoms with Crippen molar-refractivity contribution in [2.45, 2.75) is 78.7 Å². The minimum Gasteiger partial charge on any atom is -0.384 e. The molecule has 2 rings (SSSR count). The molecule has 3 nitrogen and oxygen atoms in total. The van der Waals surface area contributed by atoms with E-state index >= 15 is 0 Å². The van der Waals surface area contributed by atoms with Crippen LogP contribution in [0.25, 0.3) is 0 Å². The van der Waals surface area contributed by atoms with Crippen LogP contribution in [0.5, 0.6) is 0 Å². The van der Waals surface area contributed by atoms with E-state index in [1.54, 1.807) is 0 Å². The summed E-state index contributed by atoms with van der Waals surface area (Å²) >= 11 is 0. The normalized spacial score (nSPS) is 17.6. The second kappa shape index (κ2) is 5.18. The van der Waals surface area contributed by atoms with Gasteiger partial charge in [0.25, 0.3) is 0 Å². The van der Waals surface area contributed by atoms with Gasteiger partial charge in [0.1, 0.15) is 11.6 Å². The van der Waals surface area contributed by atoms with Gasteiger partial charge in [-0.3, -0.25) is 0 Å². The molecule has 1 aromatic heterocycles. The Morgan fingerprint density at radius 3 is 2.32 bits per heavy atom. The number of imidazole rings is 1. The summed E-state index contributed by atoms with van der Waals surface area (Å²) in [7, 11) is 0. The van der Waals surface area contributed by atoms with E-state index < -0.39 is 0 Å².